The molecule has 0 bridgehead atoms. The zero-order chi connectivity index (χ0) is 18.4. The van der Waals surface area contributed by atoms with Crippen molar-refractivity contribution < 1.29 is 4.74 Å². The molecule has 1 saturated carbocycles. The standard InChI is InChI=1S/C21H40N4O/c1-18(2)24-13-14-26-21(17-24)5-7-23(8-6-21)16-19-15-20(19,3)25-11-9-22(4)10-12-25/h18-19H,5-17H2,1-4H3. The van der Waals surface area contributed by atoms with E-state index in [9.17, 15) is 0 Å². The molecule has 4 aliphatic rings. The summed E-state index contributed by atoms with van der Waals surface area (Å²) < 4.78 is 6.32. The average Bonchev–Trinajstić information content (AvgIpc) is 3.28. The Balaban J connectivity index is 1.25. The zero-order valence-electron chi connectivity index (χ0n) is 17.5. The van der Waals surface area contributed by atoms with Crippen molar-refractivity contribution in [2.24, 2.45) is 5.92 Å². The Morgan fingerprint density at radius 2 is 1.69 bits per heavy atom. The third-order valence-electron chi connectivity index (χ3n) is 7.86. The van der Waals surface area contributed by atoms with Crippen LogP contribution in [0.3, 0.4) is 0 Å². The predicted molar refractivity (Wildman–Crippen MR) is 107 cm³/mol. The molecule has 4 rings (SSSR count). The molecule has 2 atom stereocenters. The van der Waals surface area contributed by atoms with Gasteiger partial charge in [0.15, 0.2) is 0 Å². The highest BCUT2D eigenvalue weighted by Gasteiger charge is 2.55. The molecule has 0 aromatic rings. The van der Waals surface area contributed by atoms with Crippen LogP contribution in [0, 0.1) is 5.92 Å². The van der Waals surface area contributed by atoms with Gasteiger partial charge in [-0.3, -0.25) is 9.80 Å². The van der Waals surface area contributed by atoms with Gasteiger partial charge in [0.1, 0.15) is 0 Å². The molecular weight excluding hydrogens is 324 g/mol. The number of hydrogen-bond donors (Lipinski definition) is 0. The van der Waals surface area contributed by atoms with Crippen molar-refractivity contribution in [2.75, 3.05) is 72.6 Å². The molecule has 0 amide bonds. The molecule has 2 unspecified atom stereocenters. The molecule has 1 aliphatic carbocycles. The monoisotopic (exact) mass is 364 g/mol. The van der Waals surface area contributed by atoms with Crippen LogP contribution >= 0.6 is 0 Å². The first-order chi connectivity index (χ1) is 12.4. The van der Waals surface area contributed by atoms with E-state index < -0.39 is 0 Å². The van der Waals surface area contributed by atoms with Gasteiger partial charge in [0.25, 0.3) is 0 Å². The molecule has 3 saturated heterocycles. The number of ether oxygens (including phenoxy) is 1. The van der Waals surface area contributed by atoms with Crippen molar-refractivity contribution in [3.8, 4) is 0 Å². The van der Waals surface area contributed by atoms with Crippen LogP contribution in [0.4, 0.5) is 0 Å². The minimum atomic E-state index is 0.142. The van der Waals surface area contributed by atoms with Gasteiger partial charge in [0, 0.05) is 70.5 Å². The number of morpholine rings is 1. The van der Waals surface area contributed by atoms with E-state index in [0.717, 1.165) is 25.6 Å². The molecule has 0 radical (unpaired) electrons. The van der Waals surface area contributed by atoms with Crippen LogP contribution in [0.5, 0.6) is 0 Å². The Bertz CT molecular complexity index is 482. The van der Waals surface area contributed by atoms with Gasteiger partial charge < -0.3 is 14.5 Å². The molecule has 0 aromatic carbocycles. The molecule has 1 spiro atoms. The third kappa shape index (κ3) is 3.83. The van der Waals surface area contributed by atoms with E-state index in [4.69, 9.17) is 4.74 Å². The average molecular weight is 365 g/mol. The van der Waals surface area contributed by atoms with Gasteiger partial charge in [-0.2, -0.15) is 0 Å². The van der Waals surface area contributed by atoms with E-state index in [1.807, 2.05) is 0 Å². The third-order valence-corrected chi connectivity index (χ3v) is 7.86. The van der Waals surface area contributed by atoms with E-state index in [-0.39, 0.29) is 5.60 Å². The molecule has 4 fully saturated rings. The Morgan fingerprint density at radius 3 is 2.35 bits per heavy atom. The van der Waals surface area contributed by atoms with Crippen molar-refractivity contribution in [3.05, 3.63) is 0 Å². The summed E-state index contributed by atoms with van der Waals surface area (Å²) in [5, 5.41) is 0. The maximum absolute atomic E-state index is 6.32. The Morgan fingerprint density at radius 1 is 1.00 bits per heavy atom. The van der Waals surface area contributed by atoms with E-state index in [2.05, 4.69) is 47.4 Å². The number of rotatable bonds is 4. The zero-order valence-corrected chi connectivity index (χ0v) is 17.5. The molecule has 0 N–H and O–H groups in total. The van der Waals surface area contributed by atoms with Crippen molar-refractivity contribution in [1.29, 1.82) is 0 Å². The fourth-order valence-electron chi connectivity index (χ4n) is 5.48. The van der Waals surface area contributed by atoms with E-state index >= 15 is 0 Å². The van der Waals surface area contributed by atoms with Crippen molar-refractivity contribution in [3.63, 3.8) is 0 Å². The summed E-state index contributed by atoms with van der Waals surface area (Å²) in [5.74, 6) is 0.874. The smallest absolute Gasteiger partial charge is 0.0833 e. The maximum Gasteiger partial charge on any atom is 0.0833 e. The van der Waals surface area contributed by atoms with Crippen molar-refractivity contribution >= 4 is 0 Å². The van der Waals surface area contributed by atoms with Gasteiger partial charge in [0.05, 0.1) is 12.2 Å². The van der Waals surface area contributed by atoms with Crippen LogP contribution in [0.2, 0.25) is 0 Å². The number of likely N-dealkylation sites (N-methyl/N-ethyl adjacent to an activating group) is 1. The van der Waals surface area contributed by atoms with Crippen LogP contribution in [0.1, 0.15) is 40.0 Å². The molecule has 5 heteroatoms. The molecule has 3 heterocycles. The number of likely N-dealkylation sites (tertiary alicyclic amines) is 1. The van der Waals surface area contributed by atoms with Gasteiger partial charge in [-0.15, -0.1) is 0 Å². The van der Waals surface area contributed by atoms with Gasteiger partial charge in [-0.05, 0) is 53.0 Å². The topological polar surface area (TPSA) is 22.2 Å². The number of nitrogens with zero attached hydrogens (tertiary/aromatic N) is 4. The number of piperidine rings is 1. The summed E-state index contributed by atoms with van der Waals surface area (Å²) in [4.78, 5) is 10.6. The lowest BCUT2D eigenvalue weighted by Crippen LogP contribution is -2.58. The Kier molecular flexibility index (Phi) is 5.39. The fourth-order valence-corrected chi connectivity index (χ4v) is 5.48. The summed E-state index contributed by atoms with van der Waals surface area (Å²) in [6, 6.07) is 0.643. The summed E-state index contributed by atoms with van der Waals surface area (Å²) >= 11 is 0. The van der Waals surface area contributed by atoms with Crippen LogP contribution in [0.15, 0.2) is 0 Å². The molecule has 150 valence electrons. The lowest BCUT2D eigenvalue weighted by Gasteiger charge is -2.48. The second-order valence-corrected chi connectivity index (χ2v) is 9.94. The second-order valence-electron chi connectivity index (χ2n) is 9.94. The minimum Gasteiger partial charge on any atom is -0.372 e. The SMILES string of the molecule is CC(C)N1CCOC2(CCN(CC3CC3(C)N3CCN(C)CC3)CC2)C1. The van der Waals surface area contributed by atoms with Crippen LogP contribution in [-0.4, -0.2) is 109 Å². The number of hydrogen-bond acceptors (Lipinski definition) is 5. The van der Waals surface area contributed by atoms with Gasteiger partial charge in [-0.1, -0.05) is 0 Å². The highest BCUT2D eigenvalue weighted by atomic mass is 16.5. The Labute approximate surface area is 160 Å². The Hall–Kier alpha value is -0.200. The summed E-state index contributed by atoms with van der Waals surface area (Å²) in [6.07, 6.45) is 3.83. The lowest BCUT2D eigenvalue weighted by molar-refractivity contribution is -0.141. The predicted octanol–water partition coefficient (Wildman–Crippen LogP) is 1.59. The fraction of sp³-hybridized carbons (Fsp3) is 1.00. The van der Waals surface area contributed by atoms with Gasteiger partial charge >= 0.3 is 0 Å². The molecule has 5 nitrogen and oxygen atoms in total. The second kappa shape index (κ2) is 7.32. The van der Waals surface area contributed by atoms with Crippen molar-refractivity contribution in [1.82, 2.24) is 19.6 Å². The first kappa shape index (κ1) is 19.1. The maximum atomic E-state index is 6.32. The number of piperazine rings is 1. The van der Waals surface area contributed by atoms with E-state index in [1.165, 1.54) is 65.1 Å². The van der Waals surface area contributed by atoms with Gasteiger partial charge in [0.2, 0.25) is 0 Å². The molecule has 26 heavy (non-hydrogen) atoms. The van der Waals surface area contributed by atoms with Crippen molar-refractivity contribution in [2.45, 2.75) is 57.2 Å². The normalized spacial score (nSPS) is 37.5. The molecule has 3 aliphatic heterocycles. The largest absolute Gasteiger partial charge is 0.372 e. The first-order valence-electron chi connectivity index (χ1n) is 10.9. The molecular formula is C21H40N4O. The lowest BCUT2D eigenvalue weighted by atomic mass is 9.88. The quantitative estimate of drug-likeness (QED) is 0.753. The highest BCUT2D eigenvalue weighted by Crippen LogP contribution is 2.49. The molecule has 0 aromatic heterocycles. The van der Waals surface area contributed by atoms with Crippen LogP contribution < -0.4 is 0 Å². The highest BCUT2D eigenvalue weighted by molar-refractivity contribution is 5.10. The summed E-state index contributed by atoms with van der Waals surface area (Å²) in [5.41, 5.74) is 0.621. The first-order valence-corrected chi connectivity index (χ1v) is 10.9. The van der Waals surface area contributed by atoms with E-state index in [0.29, 0.717) is 11.6 Å². The van der Waals surface area contributed by atoms with E-state index in [1.54, 1.807) is 0 Å². The van der Waals surface area contributed by atoms with Crippen LogP contribution in [0.25, 0.3) is 0 Å². The van der Waals surface area contributed by atoms with Crippen LogP contribution in [-0.2, 0) is 4.74 Å². The summed E-state index contributed by atoms with van der Waals surface area (Å²) in [6.45, 7) is 19.0. The van der Waals surface area contributed by atoms with Gasteiger partial charge in [-0.25, -0.2) is 0 Å². The minimum absolute atomic E-state index is 0.142. The summed E-state index contributed by atoms with van der Waals surface area (Å²) in [7, 11) is 2.25.